The molecule has 3 aromatic carbocycles. The molecule has 0 radical (unpaired) electrons. The van der Waals surface area contributed by atoms with Crippen LogP contribution >= 0.6 is 0 Å². The van der Waals surface area contributed by atoms with Crippen LogP contribution in [0.4, 0.5) is 21.6 Å². The van der Waals surface area contributed by atoms with Gasteiger partial charge in [0.1, 0.15) is 17.9 Å². The van der Waals surface area contributed by atoms with Crippen molar-refractivity contribution in [2.75, 3.05) is 43.0 Å². The van der Waals surface area contributed by atoms with Crippen LogP contribution in [-0.4, -0.2) is 54.0 Å². The van der Waals surface area contributed by atoms with Gasteiger partial charge in [0, 0.05) is 29.9 Å². The SMILES string of the molecule is CN1CCC2(CC1)CN(c1ncncc1Oc1ccc(F)cc1C(=O)N(c1ccccc1)c1ccccc1)C2. The Hall–Kier alpha value is -4.30. The minimum Gasteiger partial charge on any atom is -0.451 e. The van der Waals surface area contributed by atoms with Gasteiger partial charge in [0.2, 0.25) is 0 Å². The van der Waals surface area contributed by atoms with Crippen LogP contribution in [-0.2, 0) is 0 Å². The Labute approximate surface area is 227 Å². The molecule has 2 fully saturated rings. The quantitative estimate of drug-likeness (QED) is 0.313. The van der Waals surface area contributed by atoms with E-state index in [9.17, 15) is 9.18 Å². The second-order valence-electron chi connectivity index (χ2n) is 10.4. The lowest BCUT2D eigenvalue weighted by Gasteiger charge is -2.54. The number of ether oxygens (including phenoxy) is 1. The summed E-state index contributed by atoms with van der Waals surface area (Å²) in [5, 5.41) is 0. The standard InChI is InChI=1S/C31H30FN5O2/c1-35-16-14-31(15-17-35)20-36(21-31)29-28(19-33-22-34-29)39-27-13-12-23(32)18-26(27)30(38)37(24-8-4-2-5-9-24)25-10-6-3-7-11-25/h2-13,18-19,22H,14-17,20-21H2,1H3. The fourth-order valence-corrected chi connectivity index (χ4v) is 5.48. The smallest absolute Gasteiger partial charge is 0.266 e. The number of rotatable bonds is 6. The number of hydrogen-bond donors (Lipinski definition) is 0. The molecule has 4 aromatic rings. The van der Waals surface area contributed by atoms with Gasteiger partial charge in [-0.05, 0) is 75.4 Å². The molecule has 2 aliphatic rings. The zero-order chi connectivity index (χ0) is 26.8. The maximum absolute atomic E-state index is 14.6. The Balaban J connectivity index is 1.31. The fraction of sp³-hybridized carbons (Fsp3) is 0.258. The van der Waals surface area contributed by atoms with Crippen molar-refractivity contribution < 1.29 is 13.9 Å². The predicted octanol–water partition coefficient (Wildman–Crippen LogP) is 5.92. The van der Waals surface area contributed by atoms with Gasteiger partial charge in [-0.3, -0.25) is 9.69 Å². The first-order chi connectivity index (χ1) is 19.0. The maximum atomic E-state index is 14.6. The lowest BCUT2D eigenvalue weighted by atomic mass is 9.72. The maximum Gasteiger partial charge on any atom is 0.266 e. The van der Waals surface area contributed by atoms with E-state index in [0.29, 0.717) is 28.4 Å². The van der Waals surface area contributed by atoms with Gasteiger partial charge < -0.3 is 14.5 Å². The summed E-state index contributed by atoms with van der Waals surface area (Å²) in [7, 11) is 2.16. The number of carbonyl (C=O) groups is 1. The Morgan fingerprint density at radius 1 is 0.923 bits per heavy atom. The molecule has 8 heteroatoms. The number of aromatic nitrogens is 2. The number of piperidine rings is 1. The van der Waals surface area contributed by atoms with Crippen LogP contribution in [0.3, 0.4) is 0 Å². The normalized spacial score (nSPS) is 16.5. The summed E-state index contributed by atoms with van der Waals surface area (Å²) >= 11 is 0. The van der Waals surface area contributed by atoms with Crippen molar-refractivity contribution in [2.45, 2.75) is 12.8 Å². The average molecular weight is 524 g/mol. The number of likely N-dealkylation sites (tertiary alicyclic amines) is 1. The third-order valence-electron chi connectivity index (χ3n) is 7.68. The van der Waals surface area contributed by atoms with E-state index < -0.39 is 11.7 Å². The summed E-state index contributed by atoms with van der Waals surface area (Å²) in [6, 6.07) is 22.6. The lowest BCUT2D eigenvalue weighted by molar-refractivity contribution is 0.0897. The van der Waals surface area contributed by atoms with E-state index in [1.807, 2.05) is 60.7 Å². The van der Waals surface area contributed by atoms with Gasteiger partial charge in [-0.1, -0.05) is 36.4 Å². The molecule has 2 saturated heterocycles. The number of benzene rings is 3. The summed E-state index contributed by atoms with van der Waals surface area (Å²) in [6.07, 6.45) is 5.43. The number of para-hydroxylation sites is 2. The first-order valence-corrected chi connectivity index (χ1v) is 13.2. The summed E-state index contributed by atoms with van der Waals surface area (Å²) in [6.45, 7) is 4.00. The van der Waals surface area contributed by atoms with Crippen molar-refractivity contribution in [1.82, 2.24) is 14.9 Å². The van der Waals surface area contributed by atoms with Gasteiger partial charge in [0.25, 0.3) is 5.91 Å². The van der Waals surface area contributed by atoms with Gasteiger partial charge >= 0.3 is 0 Å². The largest absolute Gasteiger partial charge is 0.451 e. The number of nitrogens with zero attached hydrogens (tertiary/aromatic N) is 5. The Morgan fingerprint density at radius 3 is 2.21 bits per heavy atom. The molecule has 39 heavy (non-hydrogen) atoms. The molecule has 6 rings (SSSR count). The van der Waals surface area contributed by atoms with Crippen LogP contribution in [0, 0.1) is 11.2 Å². The Morgan fingerprint density at radius 2 is 1.56 bits per heavy atom. The van der Waals surface area contributed by atoms with Crippen LogP contribution in [0.2, 0.25) is 0 Å². The van der Waals surface area contributed by atoms with Crippen molar-refractivity contribution >= 4 is 23.1 Å². The Bertz CT molecular complexity index is 1410. The molecule has 0 atom stereocenters. The Kier molecular flexibility index (Phi) is 6.70. The first kappa shape index (κ1) is 25.0. The van der Waals surface area contributed by atoms with E-state index in [1.165, 1.54) is 24.5 Å². The van der Waals surface area contributed by atoms with Gasteiger partial charge in [0.05, 0.1) is 11.8 Å². The van der Waals surface area contributed by atoms with E-state index in [4.69, 9.17) is 4.74 Å². The molecule has 0 bridgehead atoms. The topological polar surface area (TPSA) is 61.8 Å². The number of halogens is 1. The second-order valence-corrected chi connectivity index (χ2v) is 10.4. The summed E-state index contributed by atoms with van der Waals surface area (Å²) in [5.74, 6) is 0.425. The van der Waals surface area contributed by atoms with Crippen molar-refractivity contribution in [3.8, 4) is 11.5 Å². The van der Waals surface area contributed by atoms with Crippen LogP contribution in [0.5, 0.6) is 11.5 Å². The van der Waals surface area contributed by atoms with Crippen LogP contribution < -0.4 is 14.5 Å². The van der Waals surface area contributed by atoms with E-state index >= 15 is 0 Å². The molecule has 0 unspecified atom stereocenters. The minimum absolute atomic E-state index is 0.105. The van der Waals surface area contributed by atoms with Crippen LogP contribution in [0.1, 0.15) is 23.2 Å². The van der Waals surface area contributed by atoms with Gasteiger partial charge in [-0.25, -0.2) is 14.4 Å². The summed E-state index contributed by atoms with van der Waals surface area (Å²) < 4.78 is 20.9. The molecule has 1 spiro atoms. The monoisotopic (exact) mass is 523 g/mol. The predicted molar refractivity (Wildman–Crippen MR) is 149 cm³/mol. The lowest BCUT2D eigenvalue weighted by Crippen LogP contribution is -2.60. The average Bonchev–Trinajstić information content (AvgIpc) is 2.95. The van der Waals surface area contributed by atoms with Crippen molar-refractivity contribution in [1.29, 1.82) is 0 Å². The van der Waals surface area contributed by atoms with E-state index in [0.717, 1.165) is 39.0 Å². The fourth-order valence-electron chi connectivity index (χ4n) is 5.48. The molecule has 2 aliphatic heterocycles. The van der Waals surface area contributed by atoms with Crippen LogP contribution in [0.25, 0.3) is 0 Å². The van der Waals surface area contributed by atoms with Crippen LogP contribution in [0.15, 0.2) is 91.4 Å². The highest BCUT2D eigenvalue weighted by Gasteiger charge is 2.45. The molecule has 1 amide bonds. The zero-order valence-electron chi connectivity index (χ0n) is 21.8. The van der Waals surface area contributed by atoms with Gasteiger partial charge in [-0.2, -0.15) is 0 Å². The number of amides is 1. The molecule has 0 aliphatic carbocycles. The van der Waals surface area contributed by atoms with Gasteiger partial charge in [0.15, 0.2) is 11.6 Å². The summed E-state index contributed by atoms with van der Waals surface area (Å²) in [4.78, 5) is 28.9. The molecule has 0 N–H and O–H groups in total. The van der Waals surface area contributed by atoms with Crippen molar-refractivity contribution in [3.63, 3.8) is 0 Å². The molecule has 1 aromatic heterocycles. The second kappa shape index (κ2) is 10.5. The molecule has 3 heterocycles. The molecule has 198 valence electrons. The molecular formula is C31H30FN5O2. The molecular weight excluding hydrogens is 493 g/mol. The number of carbonyl (C=O) groups excluding carboxylic acids is 1. The summed E-state index contributed by atoms with van der Waals surface area (Å²) in [5.41, 5.74) is 1.73. The molecule has 0 saturated carbocycles. The first-order valence-electron chi connectivity index (χ1n) is 13.2. The van der Waals surface area contributed by atoms with Crippen molar-refractivity contribution in [2.24, 2.45) is 5.41 Å². The third kappa shape index (κ3) is 5.07. The highest BCUT2D eigenvalue weighted by Crippen LogP contribution is 2.45. The highest BCUT2D eigenvalue weighted by molar-refractivity contribution is 6.12. The third-order valence-corrected chi connectivity index (χ3v) is 7.68. The zero-order valence-corrected chi connectivity index (χ0v) is 21.8. The minimum atomic E-state index is -0.525. The van der Waals surface area contributed by atoms with E-state index in [-0.39, 0.29) is 11.3 Å². The van der Waals surface area contributed by atoms with E-state index in [1.54, 1.807) is 11.1 Å². The molecule has 7 nitrogen and oxygen atoms in total. The van der Waals surface area contributed by atoms with Gasteiger partial charge in [-0.15, -0.1) is 0 Å². The number of anilines is 3. The van der Waals surface area contributed by atoms with E-state index in [2.05, 4.69) is 26.8 Å². The van der Waals surface area contributed by atoms with Crippen molar-refractivity contribution in [3.05, 3.63) is 103 Å². The highest BCUT2D eigenvalue weighted by atomic mass is 19.1. The number of hydrogen-bond acceptors (Lipinski definition) is 6.